The molecule has 0 aliphatic carbocycles. The van der Waals surface area contributed by atoms with Crippen LogP contribution in [0.5, 0.6) is 0 Å². The van der Waals surface area contributed by atoms with Crippen LogP contribution in [0, 0.1) is 5.82 Å². The van der Waals surface area contributed by atoms with Crippen molar-refractivity contribution in [2.45, 2.75) is 4.90 Å². The van der Waals surface area contributed by atoms with Crippen molar-refractivity contribution < 1.29 is 17.6 Å². The summed E-state index contributed by atoms with van der Waals surface area (Å²) in [6, 6.07) is 9.74. The first kappa shape index (κ1) is 17.3. The van der Waals surface area contributed by atoms with E-state index in [0.717, 1.165) is 6.07 Å². The minimum absolute atomic E-state index is 0.0844. The highest BCUT2D eigenvalue weighted by Gasteiger charge is 2.30. The second-order valence-corrected chi connectivity index (χ2v) is 7.43. The summed E-state index contributed by atoms with van der Waals surface area (Å²) in [6.45, 7) is 0.781. The summed E-state index contributed by atoms with van der Waals surface area (Å²) in [7, 11) is -3.77. The highest BCUT2D eigenvalue weighted by Crippen LogP contribution is 2.18. The lowest BCUT2D eigenvalue weighted by Crippen LogP contribution is -2.51. The standard InChI is InChI=1S/C16H17FN4O3S/c17-13-4-3-5-14(12-13)25(23,24)21-10-8-20(9-11-21)16(22)19-15-6-1-2-7-18-15/h1-7,12H,8-11H2,(H,18,19,22). The quantitative estimate of drug-likeness (QED) is 0.900. The Morgan fingerprint density at radius 2 is 1.84 bits per heavy atom. The molecule has 25 heavy (non-hydrogen) atoms. The van der Waals surface area contributed by atoms with Gasteiger partial charge in [0.15, 0.2) is 0 Å². The number of hydrogen-bond acceptors (Lipinski definition) is 4. The van der Waals surface area contributed by atoms with E-state index < -0.39 is 15.8 Å². The maximum absolute atomic E-state index is 13.3. The fraction of sp³-hybridized carbons (Fsp3) is 0.250. The SMILES string of the molecule is O=C(Nc1ccccn1)N1CCN(S(=O)(=O)c2cccc(F)c2)CC1. The molecule has 0 radical (unpaired) electrons. The first-order chi connectivity index (χ1) is 12.0. The van der Waals surface area contributed by atoms with Gasteiger partial charge in [-0.25, -0.2) is 22.6 Å². The zero-order valence-corrected chi connectivity index (χ0v) is 14.1. The van der Waals surface area contributed by atoms with E-state index in [9.17, 15) is 17.6 Å². The van der Waals surface area contributed by atoms with Gasteiger partial charge in [-0.3, -0.25) is 5.32 Å². The molecule has 1 N–H and O–H groups in total. The number of sulfonamides is 1. The third-order valence-corrected chi connectivity index (χ3v) is 5.75. The van der Waals surface area contributed by atoms with Gasteiger partial charge < -0.3 is 4.90 Å². The van der Waals surface area contributed by atoms with Gasteiger partial charge in [-0.2, -0.15) is 4.31 Å². The van der Waals surface area contributed by atoms with Gasteiger partial charge in [0.25, 0.3) is 0 Å². The molecular weight excluding hydrogens is 347 g/mol. The summed E-state index contributed by atoms with van der Waals surface area (Å²) in [5.41, 5.74) is 0. The zero-order valence-electron chi connectivity index (χ0n) is 13.3. The molecule has 0 saturated carbocycles. The van der Waals surface area contributed by atoms with Crippen molar-refractivity contribution in [1.82, 2.24) is 14.2 Å². The molecule has 1 saturated heterocycles. The van der Waals surface area contributed by atoms with E-state index in [1.165, 1.54) is 27.4 Å². The van der Waals surface area contributed by atoms with Crippen LogP contribution in [0.15, 0.2) is 53.6 Å². The Morgan fingerprint density at radius 1 is 1.08 bits per heavy atom. The average molecular weight is 364 g/mol. The highest BCUT2D eigenvalue weighted by molar-refractivity contribution is 7.89. The largest absolute Gasteiger partial charge is 0.323 e. The second kappa shape index (κ2) is 7.16. The minimum atomic E-state index is -3.77. The number of piperazine rings is 1. The number of nitrogens with zero attached hydrogens (tertiary/aromatic N) is 3. The molecule has 0 bridgehead atoms. The summed E-state index contributed by atoms with van der Waals surface area (Å²) >= 11 is 0. The lowest BCUT2D eigenvalue weighted by Gasteiger charge is -2.33. The van der Waals surface area contributed by atoms with Crippen molar-refractivity contribution >= 4 is 21.9 Å². The van der Waals surface area contributed by atoms with Gasteiger partial charge in [0.05, 0.1) is 4.90 Å². The maximum Gasteiger partial charge on any atom is 0.323 e. The topological polar surface area (TPSA) is 82.6 Å². The number of halogens is 1. The Hall–Kier alpha value is -2.52. The van der Waals surface area contributed by atoms with Crippen molar-refractivity contribution in [1.29, 1.82) is 0 Å². The molecule has 0 atom stereocenters. The molecule has 9 heteroatoms. The molecule has 2 amide bonds. The summed E-state index contributed by atoms with van der Waals surface area (Å²) in [6.07, 6.45) is 1.57. The number of rotatable bonds is 3. The average Bonchev–Trinajstić information content (AvgIpc) is 2.62. The van der Waals surface area contributed by atoms with Gasteiger partial charge in [0.1, 0.15) is 11.6 Å². The Bertz CT molecular complexity index is 853. The van der Waals surface area contributed by atoms with E-state index in [1.807, 2.05) is 0 Å². The Labute approximate surface area is 145 Å². The van der Waals surface area contributed by atoms with Crippen LogP contribution in [0.4, 0.5) is 15.0 Å². The molecule has 2 heterocycles. The summed E-state index contributed by atoms with van der Waals surface area (Å²) in [4.78, 5) is 17.6. The van der Waals surface area contributed by atoms with Gasteiger partial charge in [0, 0.05) is 32.4 Å². The lowest BCUT2D eigenvalue weighted by atomic mass is 10.3. The van der Waals surface area contributed by atoms with Crippen molar-refractivity contribution in [2.24, 2.45) is 0 Å². The minimum Gasteiger partial charge on any atom is -0.322 e. The summed E-state index contributed by atoms with van der Waals surface area (Å²) < 4.78 is 39.6. The van der Waals surface area contributed by atoms with E-state index in [2.05, 4.69) is 10.3 Å². The number of urea groups is 1. The van der Waals surface area contributed by atoms with Gasteiger partial charge in [-0.05, 0) is 30.3 Å². The number of hydrogen-bond donors (Lipinski definition) is 1. The van der Waals surface area contributed by atoms with Crippen molar-refractivity contribution in [2.75, 3.05) is 31.5 Å². The second-order valence-electron chi connectivity index (χ2n) is 5.49. The van der Waals surface area contributed by atoms with Crippen LogP contribution in [0.3, 0.4) is 0 Å². The fourth-order valence-corrected chi connectivity index (χ4v) is 3.99. The molecule has 1 aromatic carbocycles. The molecule has 1 aliphatic heterocycles. The molecule has 132 valence electrons. The van der Waals surface area contributed by atoms with E-state index in [1.54, 1.807) is 24.4 Å². The van der Waals surface area contributed by atoms with E-state index in [0.29, 0.717) is 5.82 Å². The van der Waals surface area contributed by atoms with Crippen molar-refractivity contribution in [3.8, 4) is 0 Å². The van der Waals surface area contributed by atoms with Gasteiger partial charge in [-0.1, -0.05) is 12.1 Å². The van der Waals surface area contributed by atoms with Gasteiger partial charge in [0.2, 0.25) is 10.0 Å². The number of anilines is 1. The van der Waals surface area contributed by atoms with Crippen molar-refractivity contribution in [3.63, 3.8) is 0 Å². The van der Waals surface area contributed by atoms with Crippen LogP contribution in [-0.4, -0.2) is 54.8 Å². The monoisotopic (exact) mass is 364 g/mol. The predicted molar refractivity (Wildman–Crippen MR) is 90.0 cm³/mol. The Balaban J connectivity index is 1.62. The Morgan fingerprint density at radius 3 is 2.48 bits per heavy atom. The molecule has 0 unspecified atom stereocenters. The molecule has 1 aliphatic rings. The number of carbonyl (C=O) groups excluding carboxylic acids is 1. The first-order valence-electron chi connectivity index (χ1n) is 7.69. The predicted octanol–water partition coefficient (Wildman–Crippen LogP) is 1.76. The number of carbonyl (C=O) groups is 1. The molecule has 1 fully saturated rings. The Kier molecular flexibility index (Phi) is 4.95. The highest BCUT2D eigenvalue weighted by atomic mass is 32.2. The third kappa shape index (κ3) is 3.94. The molecular formula is C16H17FN4O3S. The number of benzene rings is 1. The van der Waals surface area contributed by atoms with Crippen LogP contribution in [0.25, 0.3) is 0 Å². The maximum atomic E-state index is 13.3. The fourth-order valence-electron chi connectivity index (χ4n) is 2.53. The van der Waals surface area contributed by atoms with Crippen LogP contribution in [0.2, 0.25) is 0 Å². The van der Waals surface area contributed by atoms with Crippen LogP contribution in [-0.2, 0) is 10.0 Å². The normalized spacial score (nSPS) is 15.8. The number of aromatic nitrogens is 1. The van der Waals surface area contributed by atoms with Crippen molar-refractivity contribution in [3.05, 3.63) is 54.5 Å². The van der Waals surface area contributed by atoms with E-state index in [4.69, 9.17) is 0 Å². The van der Waals surface area contributed by atoms with Crippen LogP contribution < -0.4 is 5.32 Å². The van der Waals surface area contributed by atoms with Gasteiger partial charge in [-0.15, -0.1) is 0 Å². The molecule has 3 rings (SSSR count). The summed E-state index contributed by atoms with van der Waals surface area (Å²) in [5.74, 6) is -0.170. The smallest absolute Gasteiger partial charge is 0.322 e. The first-order valence-corrected chi connectivity index (χ1v) is 9.13. The molecule has 1 aromatic heterocycles. The van der Waals surface area contributed by atoms with Crippen LogP contribution >= 0.6 is 0 Å². The summed E-state index contributed by atoms with van der Waals surface area (Å²) in [5, 5.41) is 2.66. The lowest BCUT2D eigenvalue weighted by molar-refractivity contribution is 0.184. The van der Waals surface area contributed by atoms with E-state index >= 15 is 0 Å². The zero-order chi connectivity index (χ0) is 17.9. The van der Waals surface area contributed by atoms with Crippen LogP contribution in [0.1, 0.15) is 0 Å². The van der Waals surface area contributed by atoms with Gasteiger partial charge >= 0.3 is 6.03 Å². The number of amides is 2. The number of pyridine rings is 1. The molecule has 7 nitrogen and oxygen atoms in total. The number of nitrogens with one attached hydrogen (secondary N) is 1. The van der Waals surface area contributed by atoms with E-state index in [-0.39, 0.29) is 37.1 Å². The third-order valence-electron chi connectivity index (χ3n) is 3.86. The molecule has 0 spiro atoms. The molecule has 2 aromatic rings.